The molecule has 7 heteroatoms. The predicted octanol–water partition coefficient (Wildman–Crippen LogP) is 2.83. The van der Waals surface area contributed by atoms with Crippen LogP contribution in [0.3, 0.4) is 0 Å². The molecule has 0 saturated heterocycles. The fourth-order valence-corrected chi connectivity index (χ4v) is 2.07. The molecule has 0 fully saturated rings. The number of aryl methyl sites for hydroxylation is 1. The van der Waals surface area contributed by atoms with Gasteiger partial charge in [-0.1, -0.05) is 6.07 Å². The van der Waals surface area contributed by atoms with Gasteiger partial charge in [0.05, 0.1) is 4.47 Å². The van der Waals surface area contributed by atoms with Crippen molar-refractivity contribution in [2.24, 2.45) is 5.84 Å². The van der Waals surface area contributed by atoms with Crippen LogP contribution in [0.1, 0.15) is 16.1 Å². The van der Waals surface area contributed by atoms with Gasteiger partial charge in [-0.3, -0.25) is 4.79 Å². The molecule has 0 atom stereocenters. The second-order valence-electron chi connectivity index (χ2n) is 4.09. The van der Waals surface area contributed by atoms with Crippen molar-refractivity contribution < 1.29 is 9.18 Å². The number of carbonyl (C=O) groups excluding carboxylic acids is 1. The quantitative estimate of drug-likeness (QED) is 0.593. The van der Waals surface area contributed by atoms with Crippen molar-refractivity contribution in [1.82, 2.24) is 4.98 Å². The van der Waals surface area contributed by atoms with E-state index in [-0.39, 0.29) is 5.69 Å². The Morgan fingerprint density at radius 2 is 2.15 bits per heavy atom. The van der Waals surface area contributed by atoms with Crippen LogP contribution in [0.2, 0.25) is 0 Å². The molecule has 0 aliphatic rings. The molecule has 2 aromatic rings. The number of hydrazine groups is 1. The molecule has 0 radical (unpaired) electrons. The first-order chi connectivity index (χ1) is 9.51. The van der Waals surface area contributed by atoms with E-state index >= 15 is 0 Å². The van der Waals surface area contributed by atoms with Gasteiger partial charge in [0.25, 0.3) is 5.91 Å². The molecule has 0 unspecified atom stereocenters. The first-order valence-electron chi connectivity index (χ1n) is 5.72. The second kappa shape index (κ2) is 5.98. The van der Waals surface area contributed by atoms with Gasteiger partial charge in [0.2, 0.25) is 0 Å². The van der Waals surface area contributed by atoms with Crippen LogP contribution in [0.25, 0.3) is 0 Å². The number of nitrogens with two attached hydrogens (primary N) is 1. The summed E-state index contributed by atoms with van der Waals surface area (Å²) >= 11 is 3.09. The zero-order valence-electron chi connectivity index (χ0n) is 10.6. The minimum Gasteiger partial charge on any atom is -0.320 e. The molecule has 4 N–H and O–H groups in total. The fraction of sp³-hybridized carbons (Fsp3) is 0.0769. The molecule has 1 heterocycles. The highest BCUT2D eigenvalue weighted by Crippen LogP contribution is 2.24. The molecular formula is C13H12BrFN4O. The Bertz CT molecular complexity index is 663. The van der Waals surface area contributed by atoms with E-state index in [2.05, 4.69) is 31.7 Å². The molecule has 5 nitrogen and oxygen atoms in total. The molecular weight excluding hydrogens is 327 g/mol. The Kier molecular flexibility index (Phi) is 4.31. The number of amides is 1. The molecule has 20 heavy (non-hydrogen) atoms. The average Bonchev–Trinajstić information content (AvgIpc) is 2.44. The van der Waals surface area contributed by atoms with Crippen LogP contribution >= 0.6 is 15.9 Å². The lowest BCUT2D eigenvalue weighted by molar-refractivity contribution is 0.102. The number of nitrogens with zero attached hydrogens (tertiary/aromatic N) is 1. The van der Waals surface area contributed by atoms with Crippen molar-refractivity contribution in [3.05, 3.63) is 51.9 Å². The number of anilines is 2. The third-order valence-corrected chi connectivity index (χ3v) is 3.25. The van der Waals surface area contributed by atoms with Gasteiger partial charge in [-0.25, -0.2) is 15.2 Å². The van der Waals surface area contributed by atoms with E-state index in [1.165, 1.54) is 6.07 Å². The SMILES string of the molecule is Cc1cc(Br)c(F)cc1NC(=O)c1cccc(NN)n1. The summed E-state index contributed by atoms with van der Waals surface area (Å²) in [5.74, 6) is 4.72. The van der Waals surface area contributed by atoms with Crippen molar-refractivity contribution in [2.45, 2.75) is 6.92 Å². The van der Waals surface area contributed by atoms with Crippen LogP contribution in [0.5, 0.6) is 0 Å². The summed E-state index contributed by atoms with van der Waals surface area (Å²) < 4.78 is 13.8. The smallest absolute Gasteiger partial charge is 0.274 e. The Morgan fingerprint density at radius 3 is 2.85 bits per heavy atom. The number of aromatic nitrogens is 1. The highest BCUT2D eigenvalue weighted by molar-refractivity contribution is 9.10. The maximum Gasteiger partial charge on any atom is 0.274 e. The number of pyridine rings is 1. The average molecular weight is 339 g/mol. The normalized spacial score (nSPS) is 10.2. The molecule has 0 aliphatic heterocycles. The lowest BCUT2D eigenvalue weighted by atomic mass is 10.2. The van der Waals surface area contributed by atoms with Crippen LogP contribution in [-0.2, 0) is 0 Å². The van der Waals surface area contributed by atoms with Gasteiger partial charge in [0, 0.05) is 5.69 Å². The topological polar surface area (TPSA) is 80.0 Å². The molecule has 0 saturated carbocycles. The maximum absolute atomic E-state index is 13.5. The monoisotopic (exact) mass is 338 g/mol. The van der Waals surface area contributed by atoms with E-state index in [1.54, 1.807) is 31.2 Å². The van der Waals surface area contributed by atoms with E-state index in [0.29, 0.717) is 16.0 Å². The molecule has 0 bridgehead atoms. The van der Waals surface area contributed by atoms with E-state index in [1.807, 2.05) is 0 Å². The van der Waals surface area contributed by atoms with Crippen molar-refractivity contribution in [2.75, 3.05) is 10.7 Å². The van der Waals surface area contributed by atoms with Crippen LogP contribution in [0.4, 0.5) is 15.9 Å². The molecule has 2 rings (SSSR count). The highest BCUT2D eigenvalue weighted by Gasteiger charge is 2.12. The Morgan fingerprint density at radius 1 is 1.40 bits per heavy atom. The van der Waals surface area contributed by atoms with Crippen molar-refractivity contribution in [3.8, 4) is 0 Å². The van der Waals surface area contributed by atoms with Gasteiger partial charge < -0.3 is 10.7 Å². The Labute approximate surface area is 123 Å². The second-order valence-corrected chi connectivity index (χ2v) is 4.94. The summed E-state index contributed by atoms with van der Waals surface area (Å²) in [4.78, 5) is 16.1. The van der Waals surface area contributed by atoms with Gasteiger partial charge in [0.1, 0.15) is 17.3 Å². The van der Waals surface area contributed by atoms with Crippen LogP contribution < -0.4 is 16.6 Å². The molecule has 1 aromatic heterocycles. The summed E-state index contributed by atoms with van der Waals surface area (Å²) in [5.41, 5.74) is 3.67. The molecule has 1 aromatic carbocycles. The van der Waals surface area contributed by atoms with Gasteiger partial charge >= 0.3 is 0 Å². The summed E-state index contributed by atoms with van der Waals surface area (Å²) in [6.45, 7) is 1.77. The Balaban J connectivity index is 2.25. The predicted molar refractivity (Wildman–Crippen MR) is 78.8 cm³/mol. The lowest BCUT2D eigenvalue weighted by Gasteiger charge is -2.09. The first-order valence-corrected chi connectivity index (χ1v) is 6.51. The van der Waals surface area contributed by atoms with Gasteiger partial charge in [-0.15, -0.1) is 0 Å². The third kappa shape index (κ3) is 3.12. The van der Waals surface area contributed by atoms with Gasteiger partial charge in [-0.05, 0) is 52.7 Å². The number of carbonyl (C=O) groups is 1. The van der Waals surface area contributed by atoms with E-state index < -0.39 is 11.7 Å². The fourth-order valence-electron chi connectivity index (χ4n) is 1.61. The number of benzene rings is 1. The standard InChI is InChI=1S/C13H12BrFN4O/c1-7-5-8(14)9(15)6-11(7)18-13(20)10-3-2-4-12(17-10)19-16/h2-6H,16H2,1H3,(H,17,19)(H,18,20). The lowest BCUT2D eigenvalue weighted by Crippen LogP contribution is -2.16. The third-order valence-electron chi connectivity index (χ3n) is 2.65. The number of hydrogen-bond acceptors (Lipinski definition) is 4. The Hall–Kier alpha value is -1.99. The molecule has 0 aliphatic carbocycles. The minimum absolute atomic E-state index is 0.183. The number of nitrogen functional groups attached to an aromatic ring is 1. The molecule has 104 valence electrons. The summed E-state index contributed by atoms with van der Waals surface area (Å²) in [6.07, 6.45) is 0. The summed E-state index contributed by atoms with van der Waals surface area (Å²) in [7, 11) is 0. The van der Waals surface area contributed by atoms with Crippen LogP contribution in [0, 0.1) is 12.7 Å². The van der Waals surface area contributed by atoms with Crippen molar-refractivity contribution in [1.29, 1.82) is 0 Å². The number of rotatable bonds is 3. The van der Waals surface area contributed by atoms with Gasteiger partial charge in [-0.2, -0.15) is 0 Å². The summed E-state index contributed by atoms with van der Waals surface area (Å²) in [6, 6.07) is 7.66. The number of nitrogens with one attached hydrogen (secondary N) is 2. The van der Waals surface area contributed by atoms with Crippen LogP contribution in [0.15, 0.2) is 34.8 Å². The van der Waals surface area contributed by atoms with Crippen LogP contribution in [-0.4, -0.2) is 10.9 Å². The zero-order valence-corrected chi connectivity index (χ0v) is 12.2. The largest absolute Gasteiger partial charge is 0.320 e. The summed E-state index contributed by atoms with van der Waals surface area (Å²) in [5, 5.41) is 2.61. The zero-order chi connectivity index (χ0) is 14.7. The van der Waals surface area contributed by atoms with E-state index in [9.17, 15) is 9.18 Å². The maximum atomic E-state index is 13.5. The van der Waals surface area contributed by atoms with Crippen molar-refractivity contribution >= 4 is 33.3 Å². The highest BCUT2D eigenvalue weighted by atomic mass is 79.9. The minimum atomic E-state index is -0.448. The van der Waals surface area contributed by atoms with Crippen molar-refractivity contribution in [3.63, 3.8) is 0 Å². The number of hydrogen-bond donors (Lipinski definition) is 3. The molecule has 0 spiro atoms. The van der Waals surface area contributed by atoms with E-state index in [0.717, 1.165) is 5.56 Å². The first kappa shape index (κ1) is 14.4. The van der Waals surface area contributed by atoms with Gasteiger partial charge in [0.15, 0.2) is 0 Å². The van der Waals surface area contributed by atoms with E-state index in [4.69, 9.17) is 5.84 Å². The molecule has 1 amide bonds. The number of halogens is 2.